The van der Waals surface area contributed by atoms with Crippen LogP contribution in [0.1, 0.15) is 43.4 Å². The topological polar surface area (TPSA) is 33.1 Å². The second kappa shape index (κ2) is 7.55. The molecule has 5 atom stereocenters. The molecule has 6 rings (SSSR count). The quantitative estimate of drug-likeness (QED) is 0.618. The van der Waals surface area contributed by atoms with Crippen LogP contribution in [0.5, 0.6) is 0 Å². The lowest BCUT2D eigenvalue weighted by molar-refractivity contribution is -0.985. The van der Waals surface area contributed by atoms with Crippen molar-refractivity contribution in [3.05, 3.63) is 78.0 Å². The summed E-state index contributed by atoms with van der Waals surface area (Å²) in [5.74, 6) is 1.54. The Labute approximate surface area is 173 Å². The number of nitrogens with zero attached hydrogens (tertiary/aromatic N) is 2. The molecule has 1 N–H and O–H groups in total. The molecule has 3 fully saturated rings. The molecular weight excluding hydrogens is 356 g/mol. The molecule has 0 spiro atoms. The van der Waals surface area contributed by atoms with Gasteiger partial charge in [0.25, 0.3) is 0 Å². The predicted octanol–water partition coefficient (Wildman–Crippen LogP) is 5.10. The molecule has 3 nitrogen and oxygen atoms in total. The minimum Gasteiger partial charge on any atom is -0.382 e. The number of piperidine rings is 3. The Morgan fingerprint density at radius 3 is 2.69 bits per heavy atom. The Bertz CT molecular complexity index is 983. The molecule has 3 saturated heterocycles. The van der Waals surface area contributed by atoms with Crippen LogP contribution < -0.4 is 0 Å². The highest BCUT2D eigenvalue weighted by molar-refractivity contribution is 5.82. The fourth-order valence-corrected chi connectivity index (χ4v) is 6.19. The van der Waals surface area contributed by atoms with Crippen LogP contribution in [0, 0.1) is 11.8 Å². The van der Waals surface area contributed by atoms with E-state index >= 15 is 0 Å². The number of benzene rings is 2. The van der Waals surface area contributed by atoms with Crippen molar-refractivity contribution in [2.75, 3.05) is 13.1 Å². The van der Waals surface area contributed by atoms with Crippen molar-refractivity contribution in [2.24, 2.45) is 11.8 Å². The Morgan fingerprint density at radius 1 is 1.07 bits per heavy atom. The van der Waals surface area contributed by atoms with E-state index in [1.165, 1.54) is 31.5 Å². The molecule has 0 radical (unpaired) electrons. The van der Waals surface area contributed by atoms with E-state index < -0.39 is 6.10 Å². The minimum absolute atomic E-state index is 0.252. The monoisotopic (exact) mass is 387 g/mol. The Kier molecular flexibility index (Phi) is 4.89. The average molecular weight is 388 g/mol. The molecule has 3 aliphatic rings. The zero-order valence-electron chi connectivity index (χ0n) is 17.2. The molecule has 29 heavy (non-hydrogen) atoms. The molecular formula is C26H31N2O+. The van der Waals surface area contributed by atoms with Gasteiger partial charge in [0, 0.05) is 35.9 Å². The zero-order valence-corrected chi connectivity index (χ0v) is 17.2. The van der Waals surface area contributed by atoms with E-state index in [4.69, 9.17) is 0 Å². The molecule has 1 aromatic heterocycles. The van der Waals surface area contributed by atoms with Gasteiger partial charge in [-0.3, -0.25) is 4.98 Å². The maximum atomic E-state index is 11.7. The van der Waals surface area contributed by atoms with E-state index in [0.29, 0.717) is 0 Å². The van der Waals surface area contributed by atoms with Crippen LogP contribution in [0.2, 0.25) is 0 Å². The van der Waals surface area contributed by atoms with E-state index in [9.17, 15) is 5.11 Å². The summed E-state index contributed by atoms with van der Waals surface area (Å²) in [6.07, 6.45) is 5.08. The van der Waals surface area contributed by atoms with Gasteiger partial charge in [-0.1, -0.05) is 55.5 Å². The van der Waals surface area contributed by atoms with Crippen molar-refractivity contribution >= 4 is 10.9 Å². The van der Waals surface area contributed by atoms with Crippen LogP contribution in [-0.4, -0.2) is 33.7 Å². The summed E-state index contributed by atoms with van der Waals surface area (Å²) in [6, 6.07) is 21.4. The maximum Gasteiger partial charge on any atom is 0.131 e. The summed E-state index contributed by atoms with van der Waals surface area (Å²) in [5.41, 5.74) is 3.41. The summed E-state index contributed by atoms with van der Waals surface area (Å²) in [5, 5.41) is 12.8. The summed E-state index contributed by atoms with van der Waals surface area (Å²) >= 11 is 0. The van der Waals surface area contributed by atoms with Gasteiger partial charge in [0.1, 0.15) is 18.7 Å². The summed E-state index contributed by atoms with van der Waals surface area (Å²) < 4.78 is 1.02. The fourth-order valence-electron chi connectivity index (χ4n) is 6.19. The van der Waals surface area contributed by atoms with E-state index in [2.05, 4.69) is 54.4 Å². The Balaban J connectivity index is 1.55. The van der Waals surface area contributed by atoms with E-state index in [-0.39, 0.29) is 6.04 Å². The number of hydrogen-bond acceptors (Lipinski definition) is 2. The number of rotatable bonds is 5. The normalized spacial score (nSPS) is 29.8. The number of aromatic nitrogens is 1. The van der Waals surface area contributed by atoms with Crippen molar-refractivity contribution < 1.29 is 9.59 Å². The Morgan fingerprint density at radius 2 is 1.86 bits per heavy atom. The highest BCUT2D eigenvalue weighted by Gasteiger charge is 2.54. The molecule has 3 heteroatoms. The number of quaternary nitrogens is 1. The number of aliphatic hydroxyl groups excluding tert-OH is 1. The van der Waals surface area contributed by atoms with Crippen LogP contribution in [0.3, 0.4) is 0 Å². The number of hydrogen-bond donors (Lipinski definition) is 1. The number of fused-ring (bicyclic) bond motifs is 4. The first-order chi connectivity index (χ1) is 14.2. The summed E-state index contributed by atoms with van der Waals surface area (Å²) in [7, 11) is 0. The molecule has 0 amide bonds. The molecule has 3 aliphatic heterocycles. The molecule has 3 aromatic rings. The van der Waals surface area contributed by atoms with Crippen LogP contribution >= 0.6 is 0 Å². The van der Waals surface area contributed by atoms with Crippen molar-refractivity contribution in [2.45, 2.75) is 44.9 Å². The molecule has 0 saturated carbocycles. The second-order valence-corrected chi connectivity index (χ2v) is 9.15. The summed E-state index contributed by atoms with van der Waals surface area (Å²) in [6.45, 7) is 5.74. The van der Waals surface area contributed by atoms with Gasteiger partial charge in [0.2, 0.25) is 0 Å². The number of para-hydroxylation sites is 1. The first kappa shape index (κ1) is 18.8. The first-order valence-corrected chi connectivity index (χ1v) is 11.1. The van der Waals surface area contributed by atoms with Gasteiger partial charge in [-0.15, -0.1) is 0 Å². The third-order valence-corrected chi connectivity index (χ3v) is 7.69. The molecule has 2 bridgehead atoms. The van der Waals surface area contributed by atoms with Crippen molar-refractivity contribution in [1.29, 1.82) is 0 Å². The predicted molar refractivity (Wildman–Crippen MR) is 117 cm³/mol. The van der Waals surface area contributed by atoms with Crippen molar-refractivity contribution in [3.63, 3.8) is 0 Å². The van der Waals surface area contributed by atoms with Gasteiger partial charge in [0.15, 0.2) is 0 Å². The van der Waals surface area contributed by atoms with Gasteiger partial charge < -0.3 is 9.59 Å². The fraction of sp³-hybridized carbons (Fsp3) is 0.423. The van der Waals surface area contributed by atoms with Gasteiger partial charge in [-0.05, 0) is 30.0 Å². The van der Waals surface area contributed by atoms with Crippen molar-refractivity contribution in [3.8, 4) is 0 Å². The average Bonchev–Trinajstić information content (AvgIpc) is 2.78. The lowest BCUT2D eigenvalue weighted by Crippen LogP contribution is -2.67. The van der Waals surface area contributed by atoms with Gasteiger partial charge in [-0.2, -0.15) is 0 Å². The van der Waals surface area contributed by atoms with Gasteiger partial charge in [0.05, 0.1) is 18.6 Å². The molecule has 0 aliphatic carbocycles. The first-order valence-electron chi connectivity index (χ1n) is 11.1. The largest absolute Gasteiger partial charge is 0.382 e. The van der Waals surface area contributed by atoms with Gasteiger partial charge >= 0.3 is 0 Å². The number of aliphatic hydroxyl groups is 1. The Hall–Kier alpha value is -2.23. The second-order valence-electron chi connectivity index (χ2n) is 9.15. The molecule has 4 heterocycles. The highest BCUT2D eigenvalue weighted by atomic mass is 16.3. The third-order valence-electron chi connectivity index (χ3n) is 7.69. The zero-order chi connectivity index (χ0) is 19.8. The van der Waals surface area contributed by atoms with E-state index in [1.54, 1.807) is 0 Å². The third kappa shape index (κ3) is 3.27. The lowest BCUT2D eigenvalue weighted by atomic mass is 9.70. The van der Waals surface area contributed by atoms with E-state index in [0.717, 1.165) is 45.8 Å². The molecule has 150 valence electrons. The molecule has 4 unspecified atom stereocenters. The van der Waals surface area contributed by atoms with Crippen LogP contribution in [0.15, 0.2) is 66.9 Å². The summed E-state index contributed by atoms with van der Waals surface area (Å²) in [4.78, 5) is 4.51. The standard InChI is InChI=1S/C26H31N2O/c1-2-20-18-28(17-19-8-4-3-5-9-19)15-13-21(20)16-25(28)26(29)23-12-14-27-24-11-7-6-10-22(23)24/h3-12,14,20-21,25-26,29H,2,13,15-18H2,1H3/q+1/t20?,21?,25?,26-,28?/m1/s1. The van der Waals surface area contributed by atoms with Crippen LogP contribution in [-0.2, 0) is 6.54 Å². The minimum atomic E-state index is -0.452. The van der Waals surface area contributed by atoms with Crippen LogP contribution in [0.25, 0.3) is 10.9 Å². The van der Waals surface area contributed by atoms with Crippen molar-refractivity contribution in [1.82, 2.24) is 4.98 Å². The lowest BCUT2D eigenvalue weighted by Gasteiger charge is -2.58. The molecule has 2 aromatic carbocycles. The van der Waals surface area contributed by atoms with Crippen LogP contribution in [0.4, 0.5) is 0 Å². The smallest absolute Gasteiger partial charge is 0.131 e. The van der Waals surface area contributed by atoms with Gasteiger partial charge in [-0.25, -0.2) is 0 Å². The maximum absolute atomic E-state index is 11.7. The highest BCUT2D eigenvalue weighted by Crippen LogP contribution is 2.48. The SMILES string of the molecule is CCC1C[N+]2(Cc3ccccc3)CCC1CC2[C@H](O)c1ccnc2ccccc12. The number of pyridine rings is 1. The van der Waals surface area contributed by atoms with E-state index in [1.807, 2.05) is 24.4 Å².